The highest BCUT2D eigenvalue weighted by atomic mass is 35.7. The highest BCUT2D eigenvalue weighted by Crippen LogP contribution is 2.47. The van der Waals surface area contributed by atoms with Crippen LogP contribution in [0.4, 0.5) is 11.4 Å². The second kappa shape index (κ2) is 12.1. The van der Waals surface area contributed by atoms with E-state index >= 15 is 0 Å². The number of benzene rings is 2. The van der Waals surface area contributed by atoms with Crippen LogP contribution in [-0.4, -0.2) is 23.4 Å². The van der Waals surface area contributed by atoms with Crippen molar-refractivity contribution in [2.24, 2.45) is 0 Å². The predicted molar refractivity (Wildman–Crippen MR) is 143 cm³/mol. The Morgan fingerprint density at radius 2 is 1.39 bits per heavy atom. The van der Waals surface area contributed by atoms with Crippen molar-refractivity contribution in [3.8, 4) is 0 Å². The van der Waals surface area contributed by atoms with Gasteiger partial charge in [0.2, 0.25) is 5.69 Å². The van der Waals surface area contributed by atoms with E-state index in [2.05, 4.69) is 118 Å². The Morgan fingerprint density at radius 3 is 2.03 bits per heavy atom. The van der Waals surface area contributed by atoms with Gasteiger partial charge in [-0.05, 0) is 38.0 Å². The molecule has 0 amide bonds. The third-order valence-electron chi connectivity index (χ3n) is 7.58. The quantitative estimate of drug-likeness (QED) is 0.479. The average Bonchev–Trinajstić information content (AvgIpc) is 3.19. The summed E-state index contributed by atoms with van der Waals surface area (Å²) in [6.45, 7) is 16.2. The summed E-state index contributed by atoms with van der Waals surface area (Å²) in [7, 11) is -4.94. The van der Waals surface area contributed by atoms with Gasteiger partial charge in [-0.25, -0.2) is 18.6 Å². The van der Waals surface area contributed by atoms with Crippen molar-refractivity contribution in [3.05, 3.63) is 83.6 Å². The first kappa shape index (κ1) is 30.1. The van der Waals surface area contributed by atoms with E-state index in [0.29, 0.717) is 0 Å². The van der Waals surface area contributed by atoms with Crippen LogP contribution < -0.4 is 23.5 Å². The van der Waals surface area contributed by atoms with E-state index < -0.39 is 10.2 Å². The summed E-state index contributed by atoms with van der Waals surface area (Å²) < 4.78 is 36.5. The van der Waals surface area contributed by atoms with Gasteiger partial charge in [-0.3, -0.25) is 0 Å². The minimum Gasteiger partial charge on any atom is -0.344 e. The van der Waals surface area contributed by atoms with Crippen molar-refractivity contribution in [2.75, 3.05) is 18.0 Å². The van der Waals surface area contributed by atoms with Crippen LogP contribution >= 0.6 is 0 Å². The van der Waals surface area contributed by atoms with E-state index in [1.807, 2.05) is 0 Å². The second-order valence-corrected chi connectivity index (χ2v) is 11.7. The Balaban J connectivity index is 0.000000732. The van der Waals surface area contributed by atoms with Crippen molar-refractivity contribution in [3.63, 3.8) is 0 Å². The molecular weight excluding hydrogens is 500 g/mol. The lowest BCUT2D eigenvalue weighted by Crippen LogP contribution is -2.68. The summed E-state index contributed by atoms with van der Waals surface area (Å²) in [6, 6.07) is 17.9. The van der Waals surface area contributed by atoms with Crippen molar-refractivity contribution >= 4 is 17.1 Å². The molecule has 0 bridgehead atoms. The van der Waals surface area contributed by atoms with Crippen LogP contribution in [0.25, 0.3) is 0 Å². The first-order chi connectivity index (χ1) is 17.8. The van der Waals surface area contributed by atoms with Gasteiger partial charge in [-0.1, -0.05) is 83.0 Å². The fraction of sp³-hybridized carbons (Fsp3) is 0.452. The summed E-state index contributed by atoms with van der Waals surface area (Å²) in [5.74, 6) is 0. The zero-order chi connectivity index (χ0) is 28.1. The SMILES string of the molecule is CCCCN1C(=CC=CC2=[N+](CCCC)c3ccccc3C2(C)C)C(C)(C)c2ccccc21.[O-][Cl+3]([O-])([O-])[O-]. The van der Waals surface area contributed by atoms with E-state index in [0.717, 1.165) is 13.1 Å². The molecule has 0 aromatic heterocycles. The highest BCUT2D eigenvalue weighted by Gasteiger charge is 2.44. The molecule has 206 valence electrons. The molecule has 38 heavy (non-hydrogen) atoms. The van der Waals surface area contributed by atoms with Gasteiger partial charge in [0.1, 0.15) is 6.54 Å². The van der Waals surface area contributed by atoms with E-state index in [1.54, 1.807) is 0 Å². The molecule has 0 aliphatic carbocycles. The molecule has 2 heterocycles. The molecule has 2 aromatic rings. The van der Waals surface area contributed by atoms with Crippen molar-refractivity contribution < 1.29 is 33.5 Å². The Bertz CT molecular complexity index is 1200. The molecule has 4 rings (SSSR count). The maximum Gasteiger partial charge on any atom is 0.209 e. The first-order valence-electron chi connectivity index (χ1n) is 13.5. The van der Waals surface area contributed by atoms with Gasteiger partial charge >= 0.3 is 0 Å². The average molecular weight is 541 g/mol. The fourth-order valence-electron chi connectivity index (χ4n) is 5.63. The Kier molecular flexibility index (Phi) is 9.61. The summed E-state index contributed by atoms with van der Waals surface area (Å²) in [5.41, 5.74) is 8.45. The lowest BCUT2D eigenvalue weighted by molar-refractivity contribution is -2.00. The van der Waals surface area contributed by atoms with E-state index in [-0.39, 0.29) is 10.8 Å². The second-order valence-electron chi connectivity index (χ2n) is 11.0. The molecule has 0 N–H and O–H groups in total. The number of allylic oxidation sites excluding steroid dienone is 4. The molecule has 0 fully saturated rings. The number of anilines is 1. The topological polar surface area (TPSA) is 98.5 Å². The highest BCUT2D eigenvalue weighted by molar-refractivity contribution is 6.03. The normalized spacial score (nSPS) is 18.6. The van der Waals surface area contributed by atoms with Gasteiger partial charge < -0.3 is 4.90 Å². The molecule has 0 radical (unpaired) electrons. The van der Waals surface area contributed by atoms with Crippen LogP contribution in [0.15, 0.2) is 72.5 Å². The van der Waals surface area contributed by atoms with Crippen molar-refractivity contribution in [2.45, 2.75) is 78.1 Å². The minimum absolute atomic E-state index is 0.00932. The Hall–Kier alpha value is -2.48. The molecule has 7 heteroatoms. The molecular formula is C31H41ClN2O4. The zero-order valence-corrected chi connectivity index (χ0v) is 24.3. The fourth-order valence-corrected chi connectivity index (χ4v) is 5.63. The van der Waals surface area contributed by atoms with Gasteiger partial charge in [0.05, 0.1) is 5.41 Å². The summed E-state index contributed by atoms with van der Waals surface area (Å²) >= 11 is 0. The maximum atomic E-state index is 8.49. The standard InChI is InChI=1S/C31H41N2.ClHO4/c1-7-9-22-32-26-18-13-11-16-24(26)30(3,4)28(32)20-15-21-29-31(5,6)25-17-12-14-19-27(25)33(29)23-10-8-2;2-1(3,4)5/h11-21H,7-10,22-23H2,1-6H3;(H,2,3,4,5)/q+1;/p-1. The van der Waals surface area contributed by atoms with Gasteiger partial charge in [0, 0.05) is 47.5 Å². The van der Waals surface area contributed by atoms with E-state index in [4.69, 9.17) is 18.6 Å². The van der Waals surface area contributed by atoms with Crippen molar-refractivity contribution in [1.29, 1.82) is 0 Å². The van der Waals surface area contributed by atoms with Crippen LogP contribution in [0.2, 0.25) is 0 Å². The van der Waals surface area contributed by atoms with E-state index in [1.165, 1.54) is 59.6 Å². The monoisotopic (exact) mass is 540 g/mol. The summed E-state index contributed by atoms with van der Waals surface area (Å²) in [5, 5.41) is 0. The number of hydrogen-bond donors (Lipinski definition) is 0. The molecule has 2 aromatic carbocycles. The minimum atomic E-state index is -4.94. The summed E-state index contributed by atoms with van der Waals surface area (Å²) in [6.07, 6.45) is 11.9. The molecule has 0 saturated heterocycles. The van der Waals surface area contributed by atoms with Crippen LogP contribution in [-0.2, 0) is 10.8 Å². The Labute approximate surface area is 230 Å². The number of rotatable bonds is 8. The van der Waals surface area contributed by atoms with Gasteiger partial charge in [0.25, 0.3) is 0 Å². The Morgan fingerprint density at radius 1 is 0.816 bits per heavy atom. The molecule has 0 spiro atoms. The molecule has 0 saturated carbocycles. The third kappa shape index (κ3) is 6.56. The number of nitrogens with zero attached hydrogens (tertiary/aromatic N) is 2. The van der Waals surface area contributed by atoms with Crippen molar-refractivity contribution in [1.82, 2.24) is 0 Å². The number of unbranched alkanes of at least 4 members (excludes halogenated alkanes) is 2. The van der Waals surface area contributed by atoms with E-state index in [9.17, 15) is 0 Å². The predicted octanol–water partition coefficient (Wildman–Crippen LogP) is 3.14. The number of para-hydroxylation sites is 2. The van der Waals surface area contributed by atoms with Crippen LogP contribution in [0.5, 0.6) is 0 Å². The van der Waals surface area contributed by atoms with Gasteiger partial charge in [-0.15, -0.1) is 10.2 Å². The summed E-state index contributed by atoms with van der Waals surface area (Å²) in [4.78, 5) is 2.55. The van der Waals surface area contributed by atoms with Gasteiger partial charge in [0.15, 0.2) is 5.71 Å². The van der Waals surface area contributed by atoms with Crippen LogP contribution in [0, 0.1) is 10.2 Å². The molecule has 6 nitrogen and oxygen atoms in total. The molecule has 2 aliphatic rings. The lowest BCUT2D eigenvalue weighted by atomic mass is 9.81. The van der Waals surface area contributed by atoms with Crippen LogP contribution in [0.1, 0.15) is 78.4 Å². The molecule has 0 atom stereocenters. The number of hydrogen-bond acceptors (Lipinski definition) is 5. The number of fused-ring (bicyclic) bond motifs is 2. The zero-order valence-electron chi connectivity index (χ0n) is 23.5. The molecule has 0 unspecified atom stereocenters. The lowest BCUT2D eigenvalue weighted by Gasteiger charge is -2.27. The number of halogens is 1. The largest absolute Gasteiger partial charge is 0.344 e. The first-order valence-corrected chi connectivity index (χ1v) is 14.7. The van der Waals surface area contributed by atoms with Crippen LogP contribution in [0.3, 0.4) is 0 Å². The third-order valence-corrected chi connectivity index (χ3v) is 7.58. The molecule has 2 aliphatic heterocycles. The smallest absolute Gasteiger partial charge is 0.209 e. The van der Waals surface area contributed by atoms with Gasteiger partial charge in [-0.2, -0.15) is 4.58 Å². The maximum absolute atomic E-state index is 8.49.